The van der Waals surface area contributed by atoms with Gasteiger partial charge >= 0.3 is 6.09 Å². The third-order valence-corrected chi connectivity index (χ3v) is 9.45. The lowest BCUT2D eigenvalue weighted by Gasteiger charge is -2.42. The molecule has 1 unspecified atom stereocenters. The highest BCUT2D eigenvalue weighted by Crippen LogP contribution is 2.35. The van der Waals surface area contributed by atoms with Crippen molar-refractivity contribution in [1.29, 1.82) is 0 Å². The van der Waals surface area contributed by atoms with E-state index in [4.69, 9.17) is 0 Å². The Balaban J connectivity index is 1.41. The number of aryl methyl sites for hydroxylation is 1. The van der Waals surface area contributed by atoms with E-state index in [1.165, 1.54) is 16.0 Å². The molecule has 252 valence electrons. The normalized spacial score (nSPS) is 15.3. The molecule has 7 nitrogen and oxygen atoms in total. The van der Waals surface area contributed by atoms with Crippen LogP contribution in [0, 0.1) is 6.92 Å². The Morgan fingerprint density at radius 1 is 0.796 bits per heavy atom. The van der Waals surface area contributed by atoms with Gasteiger partial charge in [0.1, 0.15) is 0 Å². The number of carbonyl (C=O) groups is 2. The lowest BCUT2D eigenvalue weighted by Crippen LogP contribution is -2.55. The summed E-state index contributed by atoms with van der Waals surface area (Å²) >= 11 is 0. The number of nitrogens with zero attached hydrogens (tertiary/aromatic N) is 4. The summed E-state index contributed by atoms with van der Waals surface area (Å²) in [5.74, 6) is 0.0142. The quantitative estimate of drug-likeness (QED) is 0.174. The van der Waals surface area contributed by atoms with Gasteiger partial charge in [-0.1, -0.05) is 109 Å². The Kier molecular flexibility index (Phi) is 10.0. The number of hydrogen-bond acceptors (Lipinski definition) is 3. The van der Waals surface area contributed by atoms with Crippen molar-refractivity contribution in [2.45, 2.75) is 58.8 Å². The van der Waals surface area contributed by atoms with Gasteiger partial charge in [0.05, 0.1) is 23.5 Å². The van der Waals surface area contributed by atoms with Crippen LogP contribution in [0.5, 0.6) is 0 Å². The lowest BCUT2D eigenvalue weighted by molar-refractivity contribution is 0.0439. The molecule has 0 saturated carbocycles. The van der Waals surface area contributed by atoms with Gasteiger partial charge in [-0.2, -0.15) is 0 Å². The fraction of sp³-hybridized carbons (Fsp3) is 0.286. The van der Waals surface area contributed by atoms with E-state index in [0.29, 0.717) is 12.1 Å². The van der Waals surface area contributed by atoms with Crippen LogP contribution in [0.1, 0.15) is 53.5 Å². The number of aromatic nitrogens is 1. The topological polar surface area (TPSA) is 69.0 Å². The molecule has 7 heteroatoms. The van der Waals surface area contributed by atoms with Gasteiger partial charge in [-0.15, -0.1) is 0 Å². The number of piperazine rings is 1. The highest BCUT2D eigenvalue weighted by atomic mass is 16.4. The summed E-state index contributed by atoms with van der Waals surface area (Å²) in [7, 11) is 0. The summed E-state index contributed by atoms with van der Waals surface area (Å²) < 4.78 is 2.14. The zero-order valence-corrected chi connectivity index (χ0v) is 28.9. The van der Waals surface area contributed by atoms with Crippen molar-refractivity contribution >= 4 is 12.0 Å². The van der Waals surface area contributed by atoms with Gasteiger partial charge in [0, 0.05) is 43.5 Å². The molecule has 1 fully saturated rings. The van der Waals surface area contributed by atoms with Crippen molar-refractivity contribution < 1.29 is 14.7 Å². The molecular formula is C42H46N4O3. The second-order valence-corrected chi connectivity index (χ2v) is 14.0. The van der Waals surface area contributed by atoms with Crippen LogP contribution in [0.3, 0.4) is 0 Å². The first-order valence-corrected chi connectivity index (χ1v) is 17.1. The molecule has 4 aromatic carbocycles. The number of carboxylic acid groups (broad SMARTS) is 1. The fourth-order valence-corrected chi connectivity index (χ4v) is 7.01. The molecule has 1 atom stereocenters. The lowest BCUT2D eigenvalue weighted by atomic mass is 9.99. The summed E-state index contributed by atoms with van der Waals surface area (Å²) in [4.78, 5) is 33.3. The molecule has 2 amide bonds. The van der Waals surface area contributed by atoms with E-state index < -0.39 is 11.6 Å². The molecule has 1 aliphatic heterocycles. The number of carbonyl (C=O) groups excluding carboxylic acids is 1. The monoisotopic (exact) mass is 654 g/mol. The Hall–Kier alpha value is -5.14. The summed E-state index contributed by atoms with van der Waals surface area (Å²) in [5.41, 5.74) is 6.93. The minimum atomic E-state index is -0.971. The molecule has 0 bridgehead atoms. The number of amides is 2. The number of rotatable bonds is 9. The van der Waals surface area contributed by atoms with Crippen LogP contribution in [0.4, 0.5) is 4.79 Å². The first-order valence-electron chi connectivity index (χ1n) is 17.1. The summed E-state index contributed by atoms with van der Waals surface area (Å²) in [6.45, 7) is 11.0. The molecule has 1 N–H and O–H groups in total. The highest BCUT2D eigenvalue weighted by molar-refractivity contribution is 6.01. The first kappa shape index (κ1) is 33.7. The molecule has 2 heterocycles. The maximum atomic E-state index is 14.9. The smallest absolute Gasteiger partial charge is 0.408 e. The Labute approximate surface area is 290 Å². The third-order valence-electron chi connectivity index (χ3n) is 9.45. The zero-order chi connectivity index (χ0) is 34.5. The molecule has 5 aromatic rings. The maximum absolute atomic E-state index is 14.9. The van der Waals surface area contributed by atoms with Crippen LogP contribution in [-0.4, -0.2) is 67.6 Å². The van der Waals surface area contributed by atoms with Crippen LogP contribution in [0.2, 0.25) is 0 Å². The van der Waals surface area contributed by atoms with Crippen molar-refractivity contribution in [3.63, 3.8) is 0 Å². The molecule has 1 saturated heterocycles. The van der Waals surface area contributed by atoms with E-state index in [1.807, 2.05) is 100 Å². The minimum absolute atomic E-state index is 0.0113. The van der Waals surface area contributed by atoms with Gasteiger partial charge in [-0.3, -0.25) is 14.6 Å². The summed E-state index contributed by atoms with van der Waals surface area (Å²) in [6.07, 6.45) is -0.208. The first-order chi connectivity index (χ1) is 23.6. The second kappa shape index (κ2) is 14.5. The van der Waals surface area contributed by atoms with Gasteiger partial charge < -0.3 is 14.6 Å². The number of para-hydroxylation sites is 1. The molecule has 0 aliphatic carbocycles. The predicted octanol–water partition coefficient (Wildman–Crippen LogP) is 8.30. The fourth-order valence-electron chi connectivity index (χ4n) is 7.01. The van der Waals surface area contributed by atoms with Crippen molar-refractivity contribution in [3.05, 3.63) is 149 Å². The Morgan fingerprint density at radius 2 is 1.39 bits per heavy atom. The van der Waals surface area contributed by atoms with Crippen molar-refractivity contribution in [2.75, 3.05) is 19.6 Å². The Morgan fingerprint density at radius 3 is 2.02 bits per heavy atom. The number of hydrogen-bond donors (Lipinski definition) is 1. The molecule has 0 spiro atoms. The second-order valence-electron chi connectivity index (χ2n) is 14.0. The van der Waals surface area contributed by atoms with Gasteiger partial charge in [0.2, 0.25) is 0 Å². The zero-order valence-electron chi connectivity index (χ0n) is 28.9. The van der Waals surface area contributed by atoms with E-state index in [-0.39, 0.29) is 18.5 Å². The molecule has 1 aliphatic rings. The molecular weight excluding hydrogens is 608 g/mol. The van der Waals surface area contributed by atoms with Crippen LogP contribution in [0.15, 0.2) is 121 Å². The van der Waals surface area contributed by atoms with Gasteiger partial charge in [-0.05, 0) is 68.5 Å². The van der Waals surface area contributed by atoms with Crippen LogP contribution >= 0.6 is 0 Å². The van der Waals surface area contributed by atoms with Crippen molar-refractivity contribution in [2.24, 2.45) is 0 Å². The highest BCUT2D eigenvalue weighted by Gasteiger charge is 2.34. The van der Waals surface area contributed by atoms with Crippen molar-refractivity contribution in [1.82, 2.24) is 19.3 Å². The van der Waals surface area contributed by atoms with Crippen LogP contribution in [-0.2, 0) is 19.5 Å². The molecule has 1 aromatic heterocycles. The van der Waals surface area contributed by atoms with Gasteiger partial charge in [0.15, 0.2) is 0 Å². The van der Waals surface area contributed by atoms with Crippen LogP contribution < -0.4 is 0 Å². The van der Waals surface area contributed by atoms with Crippen molar-refractivity contribution in [3.8, 4) is 16.9 Å². The van der Waals surface area contributed by atoms with E-state index in [2.05, 4.69) is 62.9 Å². The SMILES string of the molecule is Cc1cc(C(=O)N2CCN(Cc3ccccc3)CC2Cc2ccccc2)c(-c2ccccc2)n1-c1ccccc1CN(C(=O)O)C(C)(C)C. The average Bonchev–Trinajstić information content (AvgIpc) is 3.44. The molecule has 49 heavy (non-hydrogen) atoms. The summed E-state index contributed by atoms with van der Waals surface area (Å²) in [5, 5.41) is 10.1. The van der Waals surface area contributed by atoms with E-state index in [1.54, 1.807) is 0 Å². The molecule has 0 radical (unpaired) electrons. The van der Waals surface area contributed by atoms with Crippen LogP contribution in [0.25, 0.3) is 16.9 Å². The van der Waals surface area contributed by atoms with E-state index in [9.17, 15) is 14.7 Å². The third kappa shape index (κ3) is 7.63. The molecule has 6 rings (SSSR count). The standard InChI is InChI=1S/C42H46N4O3/c1-31-26-37(40(47)44-25-24-43(28-33-18-10-6-11-19-33)30-36(44)27-32-16-8-5-9-17-32)39(34-20-12-7-13-21-34)46(31)38-23-15-14-22-35(38)29-45(41(48)49)42(2,3)4/h5-23,26,36H,24-25,27-30H2,1-4H3,(H,48,49). The average molecular weight is 655 g/mol. The predicted molar refractivity (Wildman–Crippen MR) is 196 cm³/mol. The Bertz CT molecular complexity index is 1880. The largest absolute Gasteiger partial charge is 0.465 e. The van der Waals surface area contributed by atoms with E-state index in [0.717, 1.165) is 54.3 Å². The summed E-state index contributed by atoms with van der Waals surface area (Å²) in [6, 6.07) is 40.9. The van der Waals surface area contributed by atoms with E-state index >= 15 is 0 Å². The number of benzene rings is 4. The van der Waals surface area contributed by atoms with Gasteiger partial charge in [0.25, 0.3) is 5.91 Å². The maximum Gasteiger partial charge on any atom is 0.408 e. The minimum Gasteiger partial charge on any atom is -0.465 e. The van der Waals surface area contributed by atoms with Gasteiger partial charge in [-0.25, -0.2) is 4.79 Å².